The third-order valence-electron chi connectivity index (χ3n) is 5.42. The molecule has 2 atom stereocenters. The van der Waals surface area contributed by atoms with Crippen LogP contribution in [-0.4, -0.2) is 25.0 Å². The number of benzene rings is 2. The van der Waals surface area contributed by atoms with E-state index in [0.29, 0.717) is 17.9 Å². The van der Waals surface area contributed by atoms with Crippen molar-refractivity contribution in [2.45, 2.75) is 45.2 Å². The third-order valence-corrected chi connectivity index (χ3v) is 5.42. The van der Waals surface area contributed by atoms with Gasteiger partial charge in [0.25, 0.3) is 5.91 Å². The van der Waals surface area contributed by atoms with Crippen LogP contribution in [-0.2, 0) is 17.8 Å². The van der Waals surface area contributed by atoms with Gasteiger partial charge in [-0.25, -0.2) is 0 Å². The summed E-state index contributed by atoms with van der Waals surface area (Å²) in [6.07, 6.45) is 3.57. The summed E-state index contributed by atoms with van der Waals surface area (Å²) < 4.78 is 5.12. The van der Waals surface area contributed by atoms with Crippen LogP contribution in [0, 0.1) is 5.92 Å². The van der Waals surface area contributed by atoms with Gasteiger partial charge in [-0.15, -0.1) is 0 Å². The molecule has 0 aromatic heterocycles. The van der Waals surface area contributed by atoms with Gasteiger partial charge in [0.2, 0.25) is 5.91 Å². The highest BCUT2D eigenvalue weighted by atomic mass is 16.5. The standard InChI is InChI=1S/C23H28N2O3/c1-3-16-7-9-17(10-8-16)15-24-23(27)20-5-4-6-21(20)25-22(26)18-11-13-19(28-2)14-12-18/h7-14,20-21H,3-6,15H2,1-2H3,(H,24,27)(H,25,26)/t20-,21+/m0/s1. The van der Waals surface area contributed by atoms with Crippen LogP contribution in [0.15, 0.2) is 48.5 Å². The summed E-state index contributed by atoms with van der Waals surface area (Å²) in [5.74, 6) is 0.387. The molecule has 2 amide bonds. The van der Waals surface area contributed by atoms with Crippen molar-refractivity contribution in [3.8, 4) is 5.75 Å². The van der Waals surface area contributed by atoms with Crippen LogP contribution in [0.1, 0.15) is 47.7 Å². The van der Waals surface area contributed by atoms with Crippen molar-refractivity contribution in [3.63, 3.8) is 0 Å². The van der Waals surface area contributed by atoms with Crippen LogP contribution in [0.5, 0.6) is 5.75 Å². The van der Waals surface area contributed by atoms with E-state index in [9.17, 15) is 9.59 Å². The second-order valence-electron chi connectivity index (χ2n) is 7.23. The number of rotatable bonds is 7. The molecule has 0 spiro atoms. The Morgan fingerprint density at radius 1 is 1.00 bits per heavy atom. The van der Waals surface area contributed by atoms with E-state index in [0.717, 1.165) is 31.2 Å². The van der Waals surface area contributed by atoms with Crippen molar-refractivity contribution >= 4 is 11.8 Å². The van der Waals surface area contributed by atoms with Gasteiger partial charge in [-0.2, -0.15) is 0 Å². The van der Waals surface area contributed by atoms with Gasteiger partial charge in [-0.05, 0) is 54.7 Å². The van der Waals surface area contributed by atoms with Crippen molar-refractivity contribution in [1.29, 1.82) is 0 Å². The molecule has 5 heteroatoms. The smallest absolute Gasteiger partial charge is 0.251 e. The van der Waals surface area contributed by atoms with Crippen LogP contribution in [0.4, 0.5) is 0 Å². The number of hydrogen-bond donors (Lipinski definition) is 2. The fourth-order valence-electron chi connectivity index (χ4n) is 3.65. The number of hydrogen-bond acceptors (Lipinski definition) is 3. The minimum Gasteiger partial charge on any atom is -0.497 e. The van der Waals surface area contributed by atoms with E-state index in [-0.39, 0.29) is 23.8 Å². The fourth-order valence-corrected chi connectivity index (χ4v) is 3.65. The zero-order chi connectivity index (χ0) is 19.9. The highest BCUT2D eigenvalue weighted by Crippen LogP contribution is 2.26. The highest BCUT2D eigenvalue weighted by molar-refractivity contribution is 5.95. The van der Waals surface area contributed by atoms with Crippen molar-refractivity contribution < 1.29 is 14.3 Å². The van der Waals surface area contributed by atoms with Gasteiger partial charge >= 0.3 is 0 Å². The van der Waals surface area contributed by atoms with Crippen LogP contribution < -0.4 is 15.4 Å². The number of methoxy groups -OCH3 is 1. The molecule has 1 aliphatic rings. The van der Waals surface area contributed by atoms with Gasteiger partial charge < -0.3 is 15.4 Å². The molecule has 2 aromatic carbocycles. The predicted octanol–water partition coefficient (Wildman–Crippen LogP) is 3.47. The molecule has 0 heterocycles. The maximum Gasteiger partial charge on any atom is 0.251 e. The van der Waals surface area contributed by atoms with Crippen LogP contribution >= 0.6 is 0 Å². The Kier molecular flexibility index (Phi) is 6.69. The number of ether oxygens (including phenoxy) is 1. The minimum absolute atomic E-state index is 0.0112. The molecule has 1 fully saturated rings. The summed E-state index contributed by atoms with van der Waals surface area (Å²) in [6.45, 7) is 2.63. The predicted molar refractivity (Wildman–Crippen MR) is 109 cm³/mol. The fraction of sp³-hybridized carbons (Fsp3) is 0.391. The van der Waals surface area contributed by atoms with Crippen molar-refractivity contribution in [1.82, 2.24) is 10.6 Å². The molecule has 1 aliphatic carbocycles. The average molecular weight is 380 g/mol. The highest BCUT2D eigenvalue weighted by Gasteiger charge is 2.34. The Balaban J connectivity index is 1.55. The van der Waals surface area contributed by atoms with E-state index in [1.807, 2.05) is 0 Å². The summed E-state index contributed by atoms with van der Waals surface area (Å²) >= 11 is 0. The Labute approximate surface area is 166 Å². The molecule has 0 unspecified atom stereocenters. The quantitative estimate of drug-likeness (QED) is 0.773. The average Bonchev–Trinajstić information content (AvgIpc) is 3.20. The summed E-state index contributed by atoms with van der Waals surface area (Å²) in [5.41, 5.74) is 2.94. The lowest BCUT2D eigenvalue weighted by atomic mass is 10.0. The molecular formula is C23H28N2O3. The van der Waals surface area contributed by atoms with Gasteiger partial charge in [0.05, 0.1) is 13.0 Å². The molecule has 2 N–H and O–H groups in total. The third kappa shape index (κ3) is 4.91. The maximum atomic E-state index is 12.7. The van der Waals surface area contributed by atoms with Crippen molar-refractivity contribution in [2.75, 3.05) is 7.11 Å². The molecule has 0 saturated heterocycles. The summed E-state index contributed by atoms with van der Waals surface area (Å²) in [4.78, 5) is 25.2. The Bertz CT molecular complexity index is 800. The summed E-state index contributed by atoms with van der Waals surface area (Å²) in [7, 11) is 1.59. The number of aryl methyl sites for hydroxylation is 1. The van der Waals surface area contributed by atoms with Crippen LogP contribution in [0.2, 0.25) is 0 Å². The van der Waals surface area contributed by atoms with E-state index in [1.54, 1.807) is 31.4 Å². The second kappa shape index (κ2) is 9.40. The Morgan fingerprint density at radius 3 is 2.32 bits per heavy atom. The van der Waals surface area contributed by atoms with E-state index >= 15 is 0 Å². The Hall–Kier alpha value is -2.82. The monoisotopic (exact) mass is 380 g/mol. The summed E-state index contributed by atoms with van der Waals surface area (Å²) in [6, 6.07) is 15.2. The second-order valence-corrected chi connectivity index (χ2v) is 7.23. The van der Waals surface area contributed by atoms with Crippen LogP contribution in [0.3, 0.4) is 0 Å². The lowest BCUT2D eigenvalue weighted by Gasteiger charge is -2.21. The molecule has 28 heavy (non-hydrogen) atoms. The first kappa shape index (κ1) is 19.9. The maximum absolute atomic E-state index is 12.7. The molecular weight excluding hydrogens is 352 g/mol. The zero-order valence-corrected chi connectivity index (χ0v) is 16.5. The number of carbonyl (C=O) groups is 2. The normalized spacial score (nSPS) is 18.5. The van der Waals surface area contributed by atoms with Gasteiger partial charge in [0.1, 0.15) is 5.75 Å². The van der Waals surface area contributed by atoms with Gasteiger partial charge in [0.15, 0.2) is 0 Å². The first-order chi connectivity index (χ1) is 13.6. The van der Waals surface area contributed by atoms with E-state index < -0.39 is 0 Å². The van der Waals surface area contributed by atoms with Gasteiger partial charge in [0, 0.05) is 18.2 Å². The molecule has 1 saturated carbocycles. The van der Waals surface area contributed by atoms with E-state index in [2.05, 4.69) is 41.8 Å². The SMILES string of the molecule is CCc1ccc(CNC(=O)[C@H]2CCC[C@H]2NC(=O)c2ccc(OC)cc2)cc1. The lowest BCUT2D eigenvalue weighted by Crippen LogP contribution is -2.43. The molecule has 0 aliphatic heterocycles. The van der Waals surface area contributed by atoms with E-state index in [1.165, 1.54) is 5.56 Å². The Morgan fingerprint density at radius 2 is 1.68 bits per heavy atom. The van der Waals surface area contributed by atoms with Crippen molar-refractivity contribution in [3.05, 3.63) is 65.2 Å². The topological polar surface area (TPSA) is 67.4 Å². The summed E-state index contributed by atoms with van der Waals surface area (Å²) in [5, 5.41) is 6.07. The van der Waals surface area contributed by atoms with Gasteiger partial charge in [-0.3, -0.25) is 9.59 Å². The van der Waals surface area contributed by atoms with Crippen molar-refractivity contribution in [2.24, 2.45) is 5.92 Å². The molecule has 5 nitrogen and oxygen atoms in total. The largest absolute Gasteiger partial charge is 0.497 e. The molecule has 0 radical (unpaired) electrons. The van der Waals surface area contributed by atoms with Gasteiger partial charge in [-0.1, -0.05) is 37.6 Å². The minimum atomic E-state index is -0.183. The molecule has 3 rings (SSSR count). The molecule has 2 aromatic rings. The molecule has 0 bridgehead atoms. The van der Waals surface area contributed by atoms with Crippen LogP contribution in [0.25, 0.3) is 0 Å². The number of amides is 2. The van der Waals surface area contributed by atoms with E-state index in [4.69, 9.17) is 4.74 Å². The first-order valence-electron chi connectivity index (χ1n) is 9.91. The lowest BCUT2D eigenvalue weighted by molar-refractivity contribution is -0.125. The number of nitrogens with one attached hydrogen (secondary N) is 2. The molecule has 148 valence electrons. The number of carbonyl (C=O) groups excluding carboxylic acids is 2. The first-order valence-corrected chi connectivity index (χ1v) is 9.91. The zero-order valence-electron chi connectivity index (χ0n) is 16.5.